The molecule has 230 valence electrons. The van der Waals surface area contributed by atoms with Crippen LogP contribution in [0.1, 0.15) is 43.8 Å². The van der Waals surface area contributed by atoms with E-state index < -0.39 is 41.2 Å². The van der Waals surface area contributed by atoms with Crippen LogP contribution in [0.5, 0.6) is 11.9 Å². The Kier molecular flexibility index (Phi) is 5.85. The number of alkyl halides is 1. The van der Waals surface area contributed by atoms with Gasteiger partial charge in [0.2, 0.25) is 11.8 Å². The maximum absolute atomic E-state index is 16.8. The molecule has 0 aromatic carbocycles. The van der Waals surface area contributed by atoms with Gasteiger partial charge in [-0.3, -0.25) is 9.69 Å². The quantitative estimate of drug-likeness (QED) is 0.543. The molecule has 10 nitrogen and oxygen atoms in total. The molecule has 5 unspecified atom stereocenters. The molecule has 2 bridgehead atoms. The molecule has 44 heavy (non-hydrogen) atoms. The lowest BCUT2D eigenvalue weighted by Gasteiger charge is -2.40. The molecular formula is C31H32F3N7O3. The molecular weight excluding hydrogens is 575 g/mol. The number of carbonyl (C=O) groups excluding carboxylic acids is 1. The molecule has 4 fully saturated rings. The normalized spacial score (nSPS) is 35.3. The number of nitrogens with zero attached hydrogens (tertiary/aromatic N) is 5. The molecule has 2 aromatic heterocycles. The van der Waals surface area contributed by atoms with E-state index in [9.17, 15) is 9.18 Å². The number of carbonyl (C=O) groups is 1. The zero-order chi connectivity index (χ0) is 29.7. The molecule has 1 amide bonds. The summed E-state index contributed by atoms with van der Waals surface area (Å²) >= 11 is 0. The lowest BCUT2D eigenvalue weighted by atomic mass is 9.82. The summed E-state index contributed by atoms with van der Waals surface area (Å²) in [6.45, 7) is 2.32. The molecule has 0 spiro atoms. The summed E-state index contributed by atoms with van der Waals surface area (Å²) in [5.41, 5.74) is -0.233. The van der Waals surface area contributed by atoms with Crippen molar-refractivity contribution in [2.75, 3.05) is 37.7 Å². The van der Waals surface area contributed by atoms with Crippen LogP contribution in [0.25, 0.3) is 10.9 Å². The first kappa shape index (κ1) is 26.7. The minimum atomic E-state index is -1.12. The van der Waals surface area contributed by atoms with Crippen LogP contribution in [0.15, 0.2) is 35.7 Å². The monoisotopic (exact) mass is 607 g/mol. The highest BCUT2D eigenvalue weighted by molar-refractivity contribution is 5.96. The van der Waals surface area contributed by atoms with Crippen LogP contribution in [0, 0.1) is 11.7 Å². The number of hydrogen-bond acceptors (Lipinski definition) is 9. The number of halogens is 3. The van der Waals surface area contributed by atoms with Crippen LogP contribution in [0.2, 0.25) is 0 Å². The number of aromatic nitrogens is 3. The third kappa shape index (κ3) is 3.94. The van der Waals surface area contributed by atoms with Crippen LogP contribution in [0.4, 0.5) is 19.0 Å². The maximum atomic E-state index is 16.8. The first-order valence-electron chi connectivity index (χ1n) is 15.5. The van der Waals surface area contributed by atoms with Crippen molar-refractivity contribution in [3.05, 3.63) is 47.2 Å². The molecule has 1 aliphatic carbocycles. The topological polar surface area (TPSA) is 105 Å². The van der Waals surface area contributed by atoms with E-state index in [1.807, 2.05) is 0 Å². The smallest absolute Gasteiger partial charge is 0.319 e. The molecule has 6 aliphatic heterocycles. The number of hydrogen-bond donors (Lipinski definition) is 2. The Morgan fingerprint density at radius 1 is 1.18 bits per heavy atom. The summed E-state index contributed by atoms with van der Waals surface area (Å²) in [5.74, 6) is -2.09. The fraction of sp³-hybridized carbons (Fsp3) is 0.548. The van der Waals surface area contributed by atoms with E-state index in [2.05, 4.69) is 30.4 Å². The Morgan fingerprint density at radius 3 is 3.00 bits per heavy atom. The van der Waals surface area contributed by atoms with Gasteiger partial charge in [-0.15, -0.1) is 0 Å². The van der Waals surface area contributed by atoms with Crippen molar-refractivity contribution in [2.45, 2.75) is 68.0 Å². The second-order valence-electron chi connectivity index (χ2n) is 13.1. The summed E-state index contributed by atoms with van der Waals surface area (Å²) in [7, 11) is 0. The Bertz CT molecular complexity index is 1680. The second-order valence-corrected chi connectivity index (χ2v) is 13.1. The molecule has 7 aliphatic rings. The van der Waals surface area contributed by atoms with Gasteiger partial charge in [-0.25, -0.2) is 18.2 Å². The molecule has 0 radical (unpaired) electrons. The van der Waals surface area contributed by atoms with Gasteiger partial charge in [0.05, 0.1) is 23.5 Å². The van der Waals surface area contributed by atoms with E-state index in [-0.39, 0.29) is 54.4 Å². The van der Waals surface area contributed by atoms with Gasteiger partial charge in [0.15, 0.2) is 5.82 Å². The van der Waals surface area contributed by atoms with E-state index in [1.165, 1.54) is 18.2 Å². The number of rotatable bonds is 4. The molecule has 0 saturated carbocycles. The highest BCUT2D eigenvalue weighted by Gasteiger charge is 2.50. The van der Waals surface area contributed by atoms with Gasteiger partial charge in [0, 0.05) is 37.7 Å². The van der Waals surface area contributed by atoms with Gasteiger partial charge in [0.1, 0.15) is 47.6 Å². The van der Waals surface area contributed by atoms with Gasteiger partial charge in [-0.2, -0.15) is 9.97 Å². The van der Waals surface area contributed by atoms with E-state index in [0.29, 0.717) is 36.3 Å². The molecule has 4 saturated heterocycles. The minimum Gasteiger partial charge on any atom is -0.475 e. The highest BCUT2D eigenvalue weighted by atomic mass is 19.1. The highest BCUT2D eigenvalue weighted by Crippen LogP contribution is 2.46. The number of amides is 1. The Labute approximate surface area is 251 Å². The lowest BCUT2D eigenvalue weighted by molar-refractivity contribution is -0.118. The van der Waals surface area contributed by atoms with Crippen LogP contribution in [0.3, 0.4) is 0 Å². The van der Waals surface area contributed by atoms with Crippen molar-refractivity contribution in [1.82, 2.24) is 30.5 Å². The third-order valence-corrected chi connectivity index (χ3v) is 10.6. The van der Waals surface area contributed by atoms with Crippen molar-refractivity contribution in [2.24, 2.45) is 5.92 Å². The van der Waals surface area contributed by atoms with Gasteiger partial charge in [-0.05, 0) is 43.9 Å². The van der Waals surface area contributed by atoms with E-state index >= 15 is 8.78 Å². The largest absolute Gasteiger partial charge is 0.475 e. The lowest BCUT2D eigenvalue weighted by Crippen LogP contribution is -2.60. The number of nitrogens with one attached hydrogen (secondary N) is 2. The zero-order valence-electron chi connectivity index (χ0n) is 23.9. The number of piperazine rings is 1. The number of anilines is 1. The van der Waals surface area contributed by atoms with Crippen LogP contribution in [-0.2, 0) is 4.79 Å². The average Bonchev–Trinajstić information content (AvgIpc) is 3.64. The van der Waals surface area contributed by atoms with E-state index in [0.717, 1.165) is 32.2 Å². The summed E-state index contributed by atoms with van der Waals surface area (Å²) in [6.07, 6.45) is 9.01. The zero-order valence-corrected chi connectivity index (χ0v) is 23.9. The fourth-order valence-corrected chi connectivity index (χ4v) is 8.62. The molecule has 8 heterocycles. The number of fused-ring (bicyclic) bond motifs is 7. The van der Waals surface area contributed by atoms with Crippen molar-refractivity contribution in [1.29, 1.82) is 0 Å². The summed E-state index contributed by atoms with van der Waals surface area (Å²) in [4.78, 5) is 31.0. The summed E-state index contributed by atoms with van der Waals surface area (Å²) < 4.78 is 59.1. The molecule has 9 rings (SSSR count). The Morgan fingerprint density at radius 2 is 2.09 bits per heavy atom. The van der Waals surface area contributed by atoms with Crippen molar-refractivity contribution >= 4 is 22.6 Å². The van der Waals surface area contributed by atoms with E-state index in [4.69, 9.17) is 14.5 Å². The molecule has 7 atom stereocenters. The van der Waals surface area contributed by atoms with Crippen molar-refractivity contribution in [3.63, 3.8) is 0 Å². The number of allylic oxidation sites excluding steroid dienone is 3. The summed E-state index contributed by atoms with van der Waals surface area (Å²) in [5, 5.41) is 6.70. The predicted molar refractivity (Wildman–Crippen MR) is 153 cm³/mol. The Balaban J connectivity index is 1.18. The van der Waals surface area contributed by atoms with Gasteiger partial charge in [0.25, 0.3) is 0 Å². The van der Waals surface area contributed by atoms with Gasteiger partial charge >= 0.3 is 6.01 Å². The maximum Gasteiger partial charge on any atom is 0.319 e. The SMILES string of the molecule is O=C1C=C2C=CC=C(F)C2C(c2nc3c4c(nc(OC[C@@]56CCCN5C[C@H](F)C6)nc4c2F)N2CC4CCC(N4)C2CO3)N1. The van der Waals surface area contributed by atoms with Gasteiger partial charge < -0.3 is 25.0 Å². The van der Waals surface area contributed by atoms with Crippen LogP contribution in [-0.4, -0.2) is 88.4 Å². The summed E-state index contributed by atoms with van der Waals surface area (Å²) in [6, 6.07) is -0.799. The van der Waals surface area contributed by atoms with Crippen LogP contribution < -0.4 is 25.0 Å². The average molecular weight is 608 g/mol. The van der Waals surface area contributed by atoms with Crippen molar-refractivity contribution in [3.8, 4) is 11.9 Å². The van der Waals surface area contributed by atoms with Crippen molar-refractivity contribution < 1.29 is 27.4 Å². The first-order valence-corrected chi connectivity index (χ1v) is 15.5. The van der Waals surface area contributed by atoms with Crippen LogP contribution >= 0.6 is 0 Å². The standard InChI is InChI=1S/C31H32F3N7O3/c32-16-10-31(7-2-8-40(31)11-16)14-44-30-38-25-23-28(39-30)41-12-17-5-6-19(35-17)20(41)13-43-29(23)37-27(24(25)34)26-22-15(9-21(42)36-26)3-1-4-18(22)33/h1,3-4,9,16-17,19-20,22,26,35H,2,5-8,10-14H2,(H,36,42)/t16-,17?,19?,20?,22?,26?,31+/m1/s1. The molecule has 2 N–H and O–H groups in total. The minimum absolute atomic E-state index is 0.00972. The molecule has 13 heteroatoms. The number of pyridine rings is 1. The number of ether oxygens (including phenoxy) is 2. The first-order chi connectivity index (χ1) is 21.4. The molecule has 2 aromatic rings. The fourth-order valence-electron chi connectivity index (χ4n) is 8.62. The second kappa shape index (κ2) is 9.64. The third-order valence-electron chi connectivity index (χ3n) is 10.6. The van der Waals surface area contributed by atoms with E-state index in [1.54, 1.807) is 6.08 Å². The predicted octanol–water partition coefficient (Wildman–Crippen LogP) is 2.96. The van der Waals surface area contributed by atoms with Gasteiger partial charge in [-0.1, -0.05) is 12.2 Å². The Hall–Kier alpha value is -3.71.